The van der Waals surface area contributed by atoms with Gasteiger partial charge < -0.3 is 5.11 Å². The van der Waals surface area contributed by atoms with Crippen molar-refractivity contribution >= 4 is 8.07 Å². The fourth-order valence-electron chi connectivity index (χ4n) is 1.88. The standard InChI is InChI=1S/C15H26OSi/c1-5-6-7-14-12-13(8-9-15(14)16)10-11-17(2,3)4/h8-9,12,16H,5-7,10-11H2,1-4H3. The molecule has 0 atom stereocenters. The van der Waals surface area contributed by atoms with Crippen molar-refractivity contribution in [1.29, 1.82) is 0 Å². The molecule has 0 spiro atoms. The molecule has 17 heavy (non-hydrogen) atoms. The van der Waals surface area contributed by atoms with E-state index >= 15 is 0 Å². The van der Waals surface area contributed by atoms with E-state index < -0.39 is 8.07 Å². The number of phenolic OH excluding ortho intramolecular Hbond substituents is 1. The van der Waals surface area contributed by atoms with Crippen LogP contribution in [0.5, 0.6) is 5.75 Å². The fraction of sp³-hybridized carbons (Fsp3) is 0.600. The van der Waals surface area contributed by atoms with Crippen molar-refractivity contribution in [3.63, 3.8) is 0 Å². The molecule has 0 aliphatic carbocycles. The number of phenols is 1. The van der Waals surface area contributed by atoms with Crippen molar-refractivity contribution in [2.75, 3.05) is 0 Å². The third kappa shape index (κ3) is 5.40. The molecule has 0 fully saturated rings. The Bertz CT molecular complexity index is 352. The predicted molar refractivity (Wildman–Crippen MR) is 78.6 cm³/mol. The lowest BCUT2D eigenvalue weighted by Crippen LogP contribution is -2.19. The quantitative estimate of drug-likeness (QED) is 0.731. The molecule has 1 N–H and O–H groups in total. The molecule has 1 nitrogen and oxygen atoms in total. The Morgan fingerprint density at radius 2 is 1.82 bits per heavy atom. The van der Waals surface area contributed by atoms with E-state index in [9.17, 15) is 5.11 Å². The zero-order chi connectivity index (χ0) is 12.9. The van der Waals surface area contributed by atoms with Crippen LogP contribution < -0.4 is 0 Å². The summed E-state index contributed by atoms with van der Waals surface area (Å²) in [4.78, 5) is 0. The average Bonchev–Trinajstić information content (AvgIpc) is 2.25. The van der Waals surface area contributed by atoms with Gasteiger partial charge in [-0.15, -0.1) is 0 Å². The van der Waals surface area contributed by atoms with Crippen molar-refractivity contribution in [3.8, 4) is 5.75 Å². The van der Waals surface area contributed by atoms with Gasteiger partial charge in [-0.05, 0) is 36.5 Å². The van der Waals surface area contributed by atoms with E-state index in [2.05, 4.69) is 38.7 Å². The molecule has 0 aromatic heterocycles. The van der Waals surface area contributed by atoms with Crippen molar-refractivity contribution < 1.29 is 5.11 Å². The van der Waals surface area contributed by atoms with E-state index in [1.54, 1.807) is 0 Å². The zero-order valence-corrected chi connectivity index (χ0v) is 12.7. The van der Waals surface area contributed by atoms with Crippen LogP contribution in [-0.4, -0.2) is 13.2 Å². The van der Waals surface area contributed by atoms with Crippen LogP contribution in [0.3, 0.4) is 0 Å². The summed E-state index contributed by atoms with van der Waals surface area (Å²) in [7, 11) is -0.959. The van der Waals surface area contributed by atoms with Gasteiger partial charge in [-0.3, -0.25) is 0 Å². The van der Waals surface area contributed by atoms with Gasteiger partial charge in [0.15, 0.2) is 0 Å². The molecule has 1 rings (SSSR count). The van der Waals surface area contributed by atoms with Gasteiger partial charge in [-0.1, -0.05) is 51.2 Å². The summed E-state index contributed by atoms with van der Waals surface area (Å²) in [5.41, 5.74) is 2.51. The molecule has 0 saturated carbocycles. The van der Waals surface area contributed by atoms with Crippen LogP contribution >= 0.6 is 0 Å². The second kappa shape index (κ2) is 6.25. The monoisotopic (exact) mass is 250 g/mol. The Kier molecular flexibility index (Phi) is 5.25. The van der Waals surface area contributed by atoms with Gasteiger partial charge >= 0.3 is 0 Å². The van der Waals surface area contributed by atoms with Crippen LogP contribution in [0, 0.1) is 0 Å². The molecule has 1 aromatic rings. The van der Waals surface area contributed by atoms with Crippen LogP contribution in [-0.2, 0) is 12.8 Å². The largest absolute Gasteiger partial charge is 0.508 e. The first kappa shape index (κ1) is 14.3. The van der Waals surface area contributed by atoms with Gasteiger partial charge in [0.05, 0.1) is 0 Å². The highest BCUT2D eigenvalue weighted by atomic mass is 28.3. The number of aromatic hydroxyl groups is 1. The summed E-state index contributed by atoms with van der Waals surface area (Å²) in [5.74, 6) is 0.468. The van der Waals surface area contributed by atoms with Gasteiger partial charge in [0, 0.05) is 8.07 Å². The molecule has 2 heteroatoms. The Morgan fingerprint density at radius 3 is 2.41 bits per heavy atom. The minimum absolute atomic E-state index is 0.468. The molecular weight excluding hydrogens is 224 g/mol. The lowest BCUT2D eigenvalue weighted by molar-refractivity contribution is 0.466. The van der Waals surface area contributed by atoms with Gasteiger partial charge in [0.1, 0.15) is 5.75 Å². The van der Waals surface area contributed by atoms with Crippen molar-refractivity contribution in [2.45, 2.75) is 58.3 Å². The second-order valence-electron chi connectivity index (χ2n) is 6.13. The first-order chi connectivity index (χ1) is 7.92. The normalized spacial score (nSPS) is 11.8. The summed E-state index contributed by atoms with van der Waals surface area (Å²) in [6.07, 6.45) is 4.50. The van der Waals surface area contributed by atoms with E-state index in [4.69, 9.17) is 0 Å². The van der Waals surface area contributed by atoms with Crippen molar-refractivity contribution in [1.82, 2.24) is 0 Å². The first-order valence-corrected chi connectivity index (χ1v) is 10.4. The SMILES string of the molecule is CCCCc1cc(CC[Si](C)(C)C)ccc1O. The third-order valence-corrected chi connectivity index (χ3v) is 4.86. The van der Waals surface area contributed by atoms with Gasteiger partial charge in [-0.2, -0.15) is 0 Å². The molecule has 0 aliphatic heterocycles. The summed E-state index contributed by atoms with van der Waals surface area (Å²) >= 11 is 0. The van der Waals surface area contributed by atoms with Crippen LogP contribution in [0.15, 0.2) is 18.2 Å². The molecule has 0 radical (unpaired) electrons. The molecule has 96 valence electrons. The Hall–Kier alpha value is -0.763. The van der Waals surface area contributed by atoms with Crippen molar-refractivity contribution in [3.05, 3.63) is 29.3 Å². The van der Waals surface area contributed by atoms with Gasteiger partial charge in [0.2, 0.25) is 0 Å². The Balaban J connectivity index is 2.67. The van der Waals surface area contributed by atoms with Crippen LogP contribution in [0.25, 0.3) is 0 Å². The summed E-state index contributed by atoms with van der Waals surface area (Å²) < 4.78 is 0. The molecule has 1 aromatic carbocycles. The maximum absolute atomic E-state index is 9.80. The Labute approximate surface area is 107 Å². The smallest absolute Gasteiger partial charge is 0.118 e. The summed E-state index contributed by atoms with van der Waals surface area (Å²) in [6.45, 7) is 9.41. The number of unbranched alkanes of at least 4 members (excludes halogenated alkanes) is 1. The van der Waals surface area contributed by atoms with E-state index in [0.29, 0.717) is 5.75 Å². The van der Waals surface area contributed by atoms with Crippen LogP contribution in [0.1, 0.15) is 30.9 Å². The lowest BCUT2D eigenvalue weighted by atomic mass is 10.0. The topological polar surface area (TPSA) is 20.2 Å². The number of aryl methyl sites for hydroxylation is 2. The molecular formula is C15H26OSi. The van der Waals surface area contributed by atoms with Crippen molar-refractivity contribution in [2.24, 2.45) is 0 Å². The third-order valence-electron chi connectivity index (χ3n) is 3.11. The maximum Gasteiger partial charge on any atom is 0.118 e. The van der Waals surface area contributed by atoms with Crippen LogP contribution in [0.4, 0.5) is 0 Å². The molecule has 0 aliphatic rings. The summed E-state index contributed by atoms with van der Waals surface area (Å²) in [6, 6.07) is 7.46. The van der Waals surface area contributed by atoms with E-state index in [-0.39, 0.29) is 0 Å². The number of benzene rings is 1. The predicted octanol–water partition coefficient (Wildman–Crippen LogP) is 4.62. The van der Waals surface area contributed by atoms with E-state index in [1.807, 2.05) is 6.07 Å². The number of rotatable bonds is 6. The highest BCUT2D eigenvalue weighted by Gasteiger charge is 2.13. The number of hydrogen-bond acceptors (Lipinski definition) is 1. The lowest BCUT2D eigenvalue weighted by Gasteiger charge is -2.16. The second-order valence-corrected chi connectivity index (χ2v) is 11.7. The fourth-order valence-corrected chi connectivity index (χ4v) is 2.92. The van der Waals surface area contributed by atoms with Crippen LogP contribution in [0.2, 0.25) is 25.7 Å². The number of hydrogen-bond donors (Lipinski definition) is 1. The zero-order valence-electron chi connectivity index (χ0n) is 11.7. The van der Waals surface area contributed by atoms with Gasteiger partial charge in [0.25, 0.3) is 0 Å². The highest BCUT2D eigenvalue weighted by molar-refractivity contribution is 6.76. The molecule has 0 amide bonds. The van der Waals surface area contributed by atoms with E-state index in [0.717, 1.165) is 24.8 Å². The minimum Gasteiger partial charge on any atom is -0.508 e. The Morgan fingerprint density at radius 1 is 1.12 bits per heavy atom. The van der Waals surface area contributed by atoms with E-state index in [1.165, 1.54) is 18.0 Å². The maximum atomic E-state index is 9.80. The average molecular weight is 250 g/mol. The molecule has 0 bridgehead atoms. The first-order valence-electron chi connectivity index (χ1n) is 6.73. The van der Waals surface area contributed by atoms with Gasteiger partial charge in [-0.25, -0.2) is 0 Å². The molecule has 0 heterocycles. The molecule has 0 unspecified atom stereocenters. The minimum atomic E-state index is -0.959. The highest BCUT2D eigenvalue weighted by Crippen LogP contribution is 2.22. The summed E-state index contributed by atoms with van der Waals surface area (Å²) in [5, 5.41) is 9.80. The molecule has 0 saturated heterocycles.